The molecule has 0 aromatic heterocycles. The van der Waals surface area contributed by atoms with Crippen LogP contribution < -0.4 is 0 Å². The van der Waals surface area contributed by atoms with Crippen molar-refractivity contribution in [3.8, 4) is 0 Å². The van der Waals surface area contributed by atoms with Gasteiger partial charge in [-0.15, -0.1) is 0 Å². The molecular formula is C12H20O4. The molecule has 4 aliphatic rings. The zero-order valence-corrected chi connectivity index (χ0v) is 9.60. The van der Waals surface area contributed by atoms with E-state index in [9.17, 15) is 0 Å². The van der Waals surface area contributed by atoms with E-state index in [1.54, 1.807) is 0 Å². The van der Waals surface area contributed by atoms with Crippen LogP contribution in [0.1, 0.15) is 25.7 Å². The van der Waals surface area contributed by atoms with Crippen LogP contribution in [0.4, 0.5) is 0 Å². The van der Waals surface area contributed by atoms with Crippen molar-refractivity contribution in [1.29, 1.82) is 0 Å². The van der Waals surface area contributed by atoms with Gasteiger partial charge in [0.2, 0.25) is 0 Å². The quantitative estimate of drug-likeness (QED) is 0.676. The summed E-state index contributed by atoms with van der Waals surface area (Å²) in [5.74, 6) is 0. The molecule has 2 atom stereocenters. The highest BCUT2D eigenvalue weighted by molar-refractivity contribution is 4.81. The molecule has 4 saturated heterocycles. The molecule has 0 amide bonds. The average molecular weight is 228 g/mol. The van der Waals surface area contributed by atoms with Crippen molar-refractivity contribution in [2.45, 2.75) is 50.1 Å². The van der Waals surface area contributed by atoms with Gasteiger partial charge in [0.05, 0.1) is 38.6 Å². The van der Waals surface area contributed by atoms with Gasteiger partial charge in [0.25, 0.3) is 0 Å². The number of fused-ring (bicyclic) bond motifs is 2. The van der Waals surface area contributed by atoms with Crippen LogP contribution in [0.5, 0.6) is 0 Å². The zero-order chi connectivity index (χ0) is 10.8. The van der Waals surface area contributed by atoms with Crippen LogP contribution in [-0.2, 0) is 18.9 Å². The monoisotopic (exact) mass is 228 g/mol. The molecule has 2 unspecified atom stereocenters. The molecule has 0 saturated carbocycles. The minimum Gasteiger partial charge on any atom is -0.376 e. The second kappa shape index (κ2) is 5.00. The predicted octanol–water partition coefficient (Wildman–Crippen LogP) is 1.13. The van der Waals surface area contributed by atoms with E-state index in [-0.39, 0.29) is 0 Å². The molecule has 0 N–H and O–H groups in total. The predicted molar refractivity (Wildman–Crippen MR) is 57.4 cm³/mol. The van der Waals surface area contributed by atoms with Gasteiger partial charge in [-0.2, -0.15) is 0 Å². The zero-order valence-electron chi connectivity index (χ0n) is 9.60. The SMILES string of the molecule is C(OCC1CO1)C1CO1.C1CC2CCC1O2. The van der Waals surface area contributed by atoms with Crippen molar-refractivity contribution in [3.63, 3.8) is 0 Å². The van der Waals surface area contributed by atoms with E-state index in [2.05, 4.69) is 0 Å². The van der Waals surface area contributed by atoms with Gasteiger partial charge >= 0.3 is 0 Å². The standard InChI is InChI=1S/C6H10O3.C6H10O/c1(5-3-8-5)7-2-6-4-9-6;1-2-6-4-3-5(1)7-6/h5-6H,1-4H2;5-6H,1-4H2. The van der Waals surface area contributed by atoms with E-state index in [1.807, 2.05) is 0 Å². The van der Waals surface area contributed by atoms with Crippen molar-refractivity contribution in [2.24, 2.45) is 0 Å². The molecule has 4 rings (SSSR count). The first-order valence-corrected chi connectivity index (χ1v) is 6.36. The van der Waals surface area contributed by atoms with Crippen LogP contribution in [0.15, 0.2) is 0 Å². The lowest BCUT2D eigenvalue weighted by Crippen LogP contribution is -2.06. The van der Waals surface area contributed by atoms with Gasteiger partial charge in [0.1, 0.15) is 12.2 Å². The molecule has 0 aromatic rings. The van der Waals surface area contributed by atoms with Crippen molar-refractivity contribution < 1.29 is 18.9 Å². The highest BCUT2D eigenvalue weighted by Crippen LogP contribution is 2.33. The van der Waals surface area contributed by atoms with Gasteiger partial charge < -0.3 is 18.9 Å². The summed E-state index contributed by atoms with van der Waals surface area (Å²) in [6, 6.07) is 0. The smallest absolute Gasteiger partial charge is 0.104 e. The molecule has 4 heterocycles. The number of epoxide rings is 2. The van der Waals surface area contributed by atoms with E-state index in [4.69, 9.17) is 18.9 Å². The van der Waals surface area contributed by atoms with Gasteiger partial charge in [-0.1, -0.05) is 0 Å². The van der Waals surface area contributed by atoms with E-state index in [0.717, 1.165) is 26.4 Å². The van der Waals surface area contributed by atoms with Crippen LogP contribution in [0.3, 0.4) is 0 Å². The molecule has 4 heteroatoms. The van der Waals surface area contributed by atoms with Crippen LogP contribution in [-0.4, -0.2) is 50.8 Å². The summed E-state index contributed by atoms with van der Waals surface area (Å²) in [5, 5.41) is 0. The number of ether oxygens (including phenoxy) is 4. The highest BCUT2D eigenvalue weighted by Gasteiger charge is 2.31. The molecule has 0 aromatic carbocycles. The Morgan fingerprint density at radius 1 is 0.812 bits per heavy atom. The lowest BCUT2D eigenvalue weighted by Gasteiger charge is -2.00. The lowest BCUT2D eigenvalue weighted by molar-refractivity contribution is 0.102. The first kappa shape index (κ1) is 11.0. The Morgan fingerprint density at radius 3 is 1.50 bits per heavy atom. The summed E-state index contributed by atoms with van der Waals surface area (Å²) in [4.78, 5) is 0. The number of hydrogen-bond acceptors (Lipinski definition) is 4. The van der Waals surface area contributed by atoms with Gasteiger partial charge in [0.15, 0.2) is 0 Å². The molecule has 0 radical (unpaired) electrons. The van der Waals surface area contributed by atoms with Crippen LogP contribution in [0.2, 0.25) is 0 Å². The van der Waals surface area contributed by atoms with E-state index in [1.165, 1.54) is 25.7 Å². The molecule has 16 heavy (non-hydrogen) atoms. The van der Waals surface area contributed by atoms with Gasteiger partial charge in [0, 0.05) is 0 Å². The summed E-state index contributed by atoms with van der Waals surface area (Å²) < 4.78 is 20.6. The maximum absolute atomic E-state index is 5.47. The van der Waals surface area contributed by atoms with E-state index >= 15 is 0 Å². The minimum atomic E-state index is 0.392. The van der Waals surface area contributed by atoms with Crippen molar-refractivity contribution >= 4 is 0 Å². The summed E-state index contributed by atoms with van der Waals surface area (Å²) in [7, 11) is 0. The van der Waals surface area contributed by atoms with Gasteiger partial charge in [-0.3, -0.25) is 0 Å². The second-order valence-electron chi connectivity index (χ2n) is 4.98. The van der Waals surface area contributed by atoms with Gasteiger partial charge in [-0.05, 0) is 25.7 Å². The Morgan fingerprint density at radius 2 is 1.25 bits per heavy atom. The molecule has 4 fully saturated rings. The fourth-order valence-corrected chi connectivity index (χ4v) is 2.24. The van der Waals surface area contributed by atoms with Crippen LogP contribution in [0.25, 0.3) is 0 Å². The summed E-state index contributed by atoms with van der Waals surface area (Å²) in [6.45, 7) is 3.26. The lowest BCUT2D eigenvalue weighted by atomic mass is 10.0. The largest absolute Gasteiger partial charge is 0.376 e. The number of hydrogen-bond donors (Lipinski definition) is 0. The van der Waals surface area contributed by atoms with Gasteiger partial charge in [-0.25, -0.2) is 0 Å². The average Bonchev–Trinajstić information content (AvgIpc) is 3.23. The summed E-state index contributed by atoms with van der Waals surface area (Å²) in [6.07, 6.45) is 7.48. The topological polar surface area (TPSA) is 43.5 Å². The summed E-state index contributed by atoms with van der Waals surface area (Å²) in [5.41, 5.74) is 0. The Balaban J connectivity index is 0.000000104. The molecule has 0 aliphatic carbocycles. The maximum Gasteiger partial charge on any atom is 0.104 e. The summed E-state index contributed by atoms with van der Waals surface area (Å²) >= 11 is 0. The fourth-order valence-electron chi connectivity index (χ4n) is 2.24. The first-order valence-electron chi connectivity index (χ1n) is 6.36. The molecule has 92 valence electrons. The second-order valence-corrected chi connectivity index (χ2v) is 4.98. The Hall–Kier alpha value is -0.160. The Labute approximate surface area is 96.2 Å². The third-order valence-electron chi connectivity index (χ3n) is 3.42. The van der Waals surface area contributed by atoms with Crippen LogP contribution in [0, 0.1) is 0 Å². The minimum absolute atomic E-state index is 0.392. The third kappa shape index (κ3) is 3.42. The van der Waals surface area contributed by atoms with E-state index < -0.39 is 0 Å². The molecule has 0 spiro atoms. The first-order chi connectivity index (χ1) is 7.90. The van der Waals surface area contributed by atoms with E-state index in [0.29, 0.717) is 24.4 Å². The van der Waals surface area contributed by atoms with Crippen molar-refractivity contribution in [3.05, 3.63) is 0 Å². The van der Waals surface area contributed by atoms with Crippen molar-refractivity contribution in [1.82, 2.24) is 0 Å². The third-order valence-corrected chi connectivity index (χ3v) is 3.42. The number of rotatable bonds is 4. The van der Waals surface area contributed by atoms with Crippen molar-refractivity contribution in [2.75, 3.05) is 26.4 Å². The molecule has 4 aliphatic heterocycles. The maximum atomic E-state index is 5.47. The molecule has 2 bridgehead atoms. The Bertz CT molecular complexity index is 195. The normalized spacial score (nSPS) is 42.8. The highest BCUT2D eigenvalue weighted by atomic mass is 16.6. The Kier molecular flexibility index (Phi) is 3.43. The fraction of sp³-hybridized carbons (Fsp3) is 1.00. The molecular weight excluding hydrogens is 208 g/mol. The van der Waals surface area contributed by atoms with Crippen LogP contribution >= 0.6 is 0 Å². The molecule has 4 nitrogen and oxygen atoms in total.